The van der Waals surface area contributed by atoms with Gasteiger partial charge >= 0.3 is 0 Å². The SMILES string of the molecule is Cc1cccc2c1c1ccc(C)c3c1n2c1cc([Si](C)(C)C)cc2cc[n+](C)c3c21. The third kappa shape index (κ3) is 2.11. The quantitative estimate of drug-likeness (QED) is 0.137. The average molecular weight is 408 g/mol. The number of hydrogen-bond acceptors (Lipinski definition) is 0. The third-order valence-electron chi connectivity index (χ3n) is 6.93. The largest absolute Gasteiger partial charge is 0.307 e. The van der Waals surface area contributed by atoms with Gasteiger partial charge in [0, 0.05) is 16.8 Å². The van der Waals surface area contributed by atoms with Crippen molar-refractivity contribution in [3.63, 3.8) is 0 Å². The lowest BCUT2D eigenvalue weighted by Gasteiger charge is -2.20. The summed E-state index contributed by atoms with van der Waals surface area (Å²) in [5, 5.41) is 8.38. The van der Waals surface area contributed by atoms with Crippen LogP contribution >= 0.6 is 0 Å². The van der Waals surface area contributed by atoms with Gasteiger partial charge in [-0.3, -0.25) is 0 Å². The minimum absolute atomic E-state index is 1.32. The molecule has 148 valence electrons. The summed E-state index contributed by atoms with van der Waals surface area (Å²) < 4.78 is 4.87. The second-order valence-electron chi connectivity index (χ2n) is 9.94. The van der Waals surface area contributed by atoms with Crippen molar-refractivity contribution in [2.75, 3.05) is 0 Å². The van der Waals surface area contributed by atoms with E-state index in [-0.39, 0.29) is 0 Å². The van der Waals surface area contributed by atoms with E-state index in [4.69, 9.17) is 0 Å². The van der Waals surface area contributed by atoms with E-state index >= 15 is 0 Å². The Morgan fingerprint density at radius 2 is 1.57 bits per heavy atom. The van der Waals surface area contributed by atoms with Gasteiger partial charge in [0.1, 0.15) is 7.05 Å². The highest BCUT2D eigenvalue weighted by Gasteiger charge is 2.26. The normalized spacial score (nSPS) is 13.0. The van der Waals surface area contributed by atoms with Gasteiger partial charge in [0.15, 0.2) is 6.20 Å². The van der Waals surface area contributed by atoms with Crippen LogP contribution in [-0.4, -0.2) is 12.5 Å². The van der Waals surface area contributed by atoms with Crippen LogP contribution in [0.25, 0.3) is 49.0 Å². The number of hydrogen-bond donors (Lipinski definition) is 0. The zero-order valence-corrected chi connectivity index (χ0v) is 19.6. The highest BCUT2D eigenvalue weighted by Crippen LogP contribution is 2.41. The molecule has 0 amide bonds. The van der Waals surface area contributed by atoms with Gasteiger partial charge in [-0.2, -0.15) is 0 Å². The molecule has 0 bridgehead atoms. The molecule has 0 atom stereocenters. The van der Waals surface area contributed by atoms with Gasteiger partial charge in [-0.25, -0.2) is 4.57 Å². The van der Waals surface area contributed by atoms with Crippen molar-refractivity contribution in [3.8, 4) is 0 Å². The Morgan fingerprint density at radius 3 is 2.33 bits per heavy atom. The van der Waals surface area contributed by atoms with Crippen molar-refractivity contribution in [3.05, 3.63) is 65.9 Å². The van der Waals surface area contributed by atoms with Gasteiger partial charge in [0.05, 0.1) is 35.4 Å². The van der Waals surface area contributed by atoms with Crippen LogP contribution in [-0.2, 0) is 7.05 Å². The molecule has 0 spiro atoms. The zero-order chi connectivity index (χ0) is 20.9. The molecule has 3 heterocycles. The molecule has 0 saturated carbocycles. The Balaban J connectivity index is 2.08. The lowest BCUT2D eigenvalue weighted by atomic mass is 9.99. The summed E-state index contributed by atoms with van der Waals surface area (Å²) in [6, 6.07) is 18.6. The van der Waals surface area contributed by atoms with E-state index < -0.39 is 8.07 Å². The molecule has 0 fully saturated rings. The van der Waals surface area contributed by atoms with E-state index in [0.29, 0.717) is 0 Å². The fourth-order valence-corrected chi connectivity index (χ4v) is 6.53. The Kier molecular flexibility index (Phi) is 3.35. The van der Waals surface area contributed by atoms with Gasteiger partial charge in [0.25, 0.3) is 0 Å². The highest BCUT2D eigenvalue weighted by atomic mass is 28.3. The lowest BCUT2D eigenvalue weighted by Crippen LogP contribution is -2.38. The Hall–Kier alpha value is -2.91. The molecular weight excluding hydrogens is 380 g/mol. The number of benzene rings is 3. The number of pyridine rings is 2. The summed E-state index contributed by atoms with van der Waals surface area (Å²) >= 11 is 0. The van der Waals surface area contributed by atoms with E-state index in [9.17, 15) is 0 Å². The summed E-state index contributed by atoms with van der Waals surface area (Å²) in [5.74, 6) is 0. The molecule has 0 saturated heterocycles. The van der Waals surface area contributed by atoms with Crippen LogP contribution < -0.4 is 9.75 Å². The molecule has 6 aromatic rings. The molecule has 0 radical (unpaired) electrons. The zero-order valence-electron chi connectivity index (χ0n) is 18.6. The second kappa shape index (κ2) is 5.61. The standard InChI is InChI=1S/C27H27N2Si/c1-16-8-7-9-21-23(16)20-11-10-17(2)24-26(20)29(21)22-15-19(30(4,5)6)14-18-12-13-28(3)27(24)25(18)22/h7-15H,1-6H3/q+1. The predicted molar refractivity (Wildman–Crippen MR) is 132 cm³/mol. The fourth-order valence-electron chi connectivity index (χ4n) is 5.38. The van der Waals surface area contributed by atoms with Crippen LogP contribution in [0.1, 0.15) is 11.1 Å². The summed E-state index contributed by atoms with van der Waals surface area (Å²) in [6.45, 7) is 11.8. The van der Waals surface area contributed by atoms with Crippen molar-refractivity contribution in [2.24, 2.45) is 7.05 Å². The molecule has 3 aromatic carbocycles. The van der Waals surface area contributed by atoms with Crippen molar-refractivity contribution in [2.45, 2.75) is 33.5 Å². The smallest absolute Gasteiger partial charge is 0.224 e. The molecule has 0 aliphatic heterocycles. The molecule has 0 aliphatic carbocycles. The van der Waals surface area contributed by atoms with Crippen molar-refractivity contribution < 1.29 is 4.57 Å². The summed E-state index contributed by atoms with van der Waals surface area (Å²) in [7, 11) is 0.718. The summed E-state index contributed by atoms with van der Waals surface area (Å²) in [6.07, 6.45) is 2.23. The number of fused-ring (bicyclic) bond motifs is 5. The van der Waals surface area contributed by atoms with E-state index in [1.54, 1.807) is 0 Å². The van der Waals surface area contributed by atoms with E-state index in [2.05, 4.69) is 104 Å². The van der Waals surface area contributed by atoms with Crippen LogP contribution in [0.3, 0.4) is 0 Å². The van der Waals surface area contributed by atoms with Crippen LogP contribution in [0, 0.1) is 13.8 Å². The van der Waals surface area contributed by atoms with Crippen LogP contribution in [0.2, 0.25) is 19.6 Å². The second-order valence-corrected chi connectivity index (χ2v) is 15.0. The molecule has 30 heavy (non-hydrogen) atoms. The average Bonchev–Trinajstić information content (AvgIpc) is 3.03. The van der Waals surface area contributed by atoms with Crippen LogP contribution in [0.4, 0.5) is 0 Å². The first-order valence-corrected chi connectivity index (χ1v) is 14.3. The number of rotatable bonds is 1. The van der Waals surface area contributed by atoms with Crippen molar-refractivity contribution in [1.82, 2.24) is 4.40 Å². The van der Waals surface area contributed by atoms with E-state index in [0.717, 1.165) is 0 Å². The molecular formula is C27H27N2Si+. The number of nitrogens with zero attached hydrogens (tertiary/aromatic N) is 2. The first-order chi connectivity index (χ1) is 14.3. The van der Waals surface area contributed by atoms with Crippen molar-refractivity contribution in [1.29, 1.82) is 0 Å². The monoisotopic (exact) mass is 407 g/mol. The Labute approximate surface area is 177 Å². The van der Waals surface area contributed by atoms with Crippen molar-refractivity contribution >= 4 is 62.3 Å². The molecule has 3 aromatic heterocycles. The Morgan fingerprint density at radius 1 is 0.800 bits per heavy atom. The number of aryl methyl sites for hydroxylation is 3. The molecule has 0 N–H and O–H groups in total. The summed E-state index contributed by atoms with van der Waals surface area (Å²) in [5.41, 5.74) is 8.07. The van der Waals surface area contributed by atoms with Gasteiger partial charge in [0.2, 0.25) is 5.52 Å². The van der Waals surface area contributed by atoms with Gasteiger partial charge < -0.3 is 4.40 Å². The van der Waals surface area contributed by atoms with Gasteiger partial charge in [-0.1, -0.05) is 55.2 Å². The maximum atomic E-state index is 2.55. The first kappa shape index (κ1) is 17.9. The fraction of sp³-hybridized carbons (Fsp3) is 0.222. The maximum Gasteiger partial charge on any atom is 0.224 e. The predicted octanol–water partition coefficient (Wildman–Crippen LogP) is 5.98. The van der Waals surface area contributed by atoms with Crippen LogP contribution in [0.15, 0.2) is 54.7 Å². The lowest BCUT2D eigenvalue weighted by molar-refractivity contribution is -0.643. The molecule has 3 heteroatoms. The Bertz CT molecular complexity index is 1650. The molecule has 0 aliphatic rings. The number of aromatic nitrogens is 2. The van der Waals surface area contributed by atoms with Crippen LogP contribution in [0.5, 0.6) is 0 Å². The molecule has 6 rings (SSSR count). The first-order valence-electron chi connectivity index (χ1n) is 10.8. The minimum Gasteiger partial charge on any atom is -0.307 e. The third-order valence-corrected chi connectivity index (χ3v) is 8.95. The van der Waals surface area contributed by atoms with Gasteiger partial charge in [-0.05, 0) is 42.5 Å². The summed E-state index contributed by atoms with van der Waals surface area (Å²) in [4.78, 5) is 0. The maximum absolute atomic E-state index is 2.55. The topological polar surface area (TPSA) is 8.29 Å². The minimum atomic E-state index is -1.47. The highest BCUT2D eigenvalue weighted by molar-refractivity contribution is 6.89. The van der Waals surface area contributed by atoms with Gasteiger partial charge in [-0.15, -0.1) is 0 Å². The molecule has 0 unspecified atom stereocenters. The van der Waals surface area contributed by atoms with E-state index in [1.165, 1.54) is 65.3 Å². The van der Waals surface area contributed by atoms with E-state index in [1.807, 2.05) is 0 Å². The molecule has 2 nitrogen and oxygen atoms in total.